The van der Waals surface area contributed by atoms with Crippen molar-refractivity contribution in [2.45, 2.75) is 19.3 Å². The Morgan fingerprint density at radius 3 is 2.47 bits per heavy atom. The topological polar surface area (TPSA) is 29.1 Å². The van der Waals surface area contributed by atoms with E-state index in [4.69, 9.17) is 0 Å². The normalized spacial score (nSPS) is 11.1. The lowest BCUT2D eigenvalue weighted by Gasteiger charge is -2.25. The highest BCUT2D eigenvalue weighted by Crippen LogP contribution is 2.21. The highest BCUT2D eigenvalue weighted by molar-refractivity contribution is 7.81. The molecule has 1 aromatic carbocycles. The molecule has 0 aliphatic rings. The molecule has 0 radical (unpaired) electrons. The average Bonchev–Trinajstić information content (AvgIpc) is 2.27. The lowest BCUT2D eigenvalue weighted by molar-refractivity contribution is -0.118. The van der Waals surface area contributed by atoms with E-state index in [-0.39, 0.29) is 17.1 Å². The minimum absolute atomic E-state index is 0.0256. The van der Waals surface area contributed by atoms with Gasteiger partial charge in [-0.1, -0.05) is 44.2 Å². The number of nitrogens with one attached hydrogen (secondary N) is 1. The number of amides is 1. The fourth-order valence-corrected chi connectivity index (χ4v) is 1.48. The third kappa shape index (κ3) is 3.59. The van der Waals surface area contributed by atoms with Gasteiger partial charge in [-0.15, -0.1) is 0 Å². The highest BCUT2D eigenvalue weighted by Gasteiger charge is 2.20. The number of rotatable bonds is 4. The molecule has 0 aromatic heterocycles. The van der Waals surface area contributed by atoms with Crippen molar-refractivity contribution in [3.8, 4) is 0 Å². The lowest BCUT2D eigenvalue weighted by atomic mass is 9.85. The second-order valence-electron chi connectivity index (χ2n) is 4.18. The molecular formula is C12H17NOS. The first-order valence-corrected chi connectivity index (χ1v) is 5.62. The second kappa shape index (κ2) is 5.21. The van der Waals surface area contributed by atoms with E-state index in [1.54, 1.807) is 0 Å². The van der Waals surface area contributed by atoms with Crippen LogP contribution < -0.4 is 5.32 Å². The zero-order valence-corrected chi connectivity index (χ0v) is 10.1. The van der Waals surface area contributed by atoms with Crippen LogP contribution in [0, 0.1) is 0 Å². The highest BCUT2D eigenvalue weighted by atomic mass is 32.1. The van der Waals surface area contributed by atoms with E-state index in [0.717, 1.165) is 0 Å². The molecule has 1 amide bonds. The number of carbonyl (C=O) groups excluding carboxylic acids is 1. The maximum atomic E-state index is 11.1. The van der Waals surface area contributed by atoms with Crippen molar-refractivity contribution in [1.82, 2.24) is 5.32 Å². The number of carbonyl (C=O) groups is 1. The SMILES string of the molecule is CC(C)(CNC(=O)CS)c1ccccc1. The van der Waals surface area contributed by atoms with Gasteiger partial charge in [0, 0.05) is 12.0 Å². The first-order chi connectivity index (χ1) is 7.06. The lowest BCUT2D eigenvalue weighted by Crippen LogP contribution is -2.37. The van der Waals surface area contributed by atoms with Crippen molar-refractivity contribution in [1.29, 1.82) is 0 Å². The van der Waals surface area contributed by atoms with Crippen molar-refractivity contribution in [2.24, 2.45) is 0 Å². The monoisotopic (exact) mass is 223 g/mol. The molecule has 0 aliphatic heterocycles. The van der Waals surface area contributed by atoms with Crippen LogP contribution in [0.25, 0.3) is 0 Å². The molecule has 0 heterocycles. The quantitative estimate of drug-likeness (QED) is 0.751. The van der Waals surface area contributed by atoms with Crippen LogP contribution in [-0.2, 0) is 10.2 Å². The summed E-state index contributed by atoms with van der Waals surface area (Å²) in [6.07, 6.45) is 0. The smallest absolute Gasteiger partial charge is 0.229 e. The van der Waals surface area contributed by atoms with E-state index >= 15 is 0 Å². The van der Waals surface area contributed by atoms with Gasteiger partial charge in [-0.05, 0) is 5.56 Å². The molecule has 1 rings (SSSR count). The van der Waals surface area contributed by atoms with Crippen molar-refractivity contribution in [2.75, 3.05) is 12.3 Å². The van der Waals surface area contributed by atoms with Crippen LogP contribution in [0.5, 0.6) is 0 Å². The van der Waals surface area contributed by atoms with Gasteiger partial charge in [-0.2, -0.15) is 12.6 Å². The molecule has 82 valence electrons. The van der Waals surface area contributed by atoms with E-state index in [2.05, 4.69) is 43.9 Å². The molecule has 0 aliphatic carbocycles. The molecule has 0 spiro atoms. The Bertz CT molecular complexity index is 322. The first kappa shape index (κ1) is 12.1. The van der Waals surface area contributed by atoms with Crippen LogP contribution in [-0.4, -0.2) is 18.2 Å². The Morgan fingerprint density at radius 2 is 1.93 bits per heavy atom. The van der Waals surface area contributed by atoms with Gasteiger partial charge in [0.2, 0.25) is 5.91 Å². The predicted octanol–water partition coefficient (Wildman–Crippen LogP) is 2.01. The number of hydrogen-bond donors (Lipinski definition) is 2. The molecule has 2 nitrogen and oxygen atoms in total. The van der Waals surface area contributed by atoms with Crippen molar-refractivity contribution < 1.29 is 4.79 Å². The fraction of sp³-hybridized carbons (Fsp3) is 0.417. The van der Waals surface area contributed by atoms with E-state index < -0.39 is 0 Å². The Hall–Kier alpha value is -0.960. The minimum Gasteiger partial charge on any atom is -0.355 e. The van der Waals surface area contributed by atoms with Crippen LogP contribution >= 0.6 is 12.6 Å². The minimum atomic E-state index is -0.0418. The summed E-state index contributed by atoms with van der Waals surface area (Å²) in [6.45, 7) is 4.86. The molecule has 0 saturated carbocycles. The van der Waals surface area contributed by atoms with E-state index in [9.17, 15) is 4.79 Å². The Balaban J connectivity index is 2.63. The van der Waals surface area contributed by atoms with Gasteiger partial charge in [0.1, 0.15) is 0 Å². The molecule has 0 unspecified atom stereocenters. The maximum absolute atomic E-state index is 11.1. The molecule has 0 fully saturated rings. The molecule has 0 atom stereocenters. The number of thiol groups is 1. The molecule has 0 bridgehead atoms. The summed E-state index contributed by atoms with van der Waals surface area (Å²) in [6, 6.07) is 10.2. The van der Waals surface area contributed by atoms with Crippen LogP contribution in [0.3, 0.4) is 0 Å². The van der Waals surface area contributed by atoms with E-state index in [1.807, 2.05) is 18.2 Å². The van der Waals surface area contributed by atoms with Gasteiger partial charge < -0.3 is 5.32 Å². The Kier molecular flexibility index (Phi) is 4.21. The van der Waals surface area contributed by atoms with Crippen LogP contribution in [0.1, 0.15) is 19.4 Å². The number of hydrogen-bond acceptors (Lipinski definition) is 2. The summed E-state index contributed by atoms with van der Waals surface area (Å²) in [5.74, 6) is 0.215. The van der Waals surface area contributed by atoms with Gasteiger partial charge in [-0.25, -0.2) is 0 Å². The summed E-state index contributed by atoms with van der Waals surface area (Å²) in [7, 11) is 0. The molecule has 0 saturated heterocycles. The molecule has 1 aromatic rings. The molecule has 3 heteroatoms. The van der Waals surface area contributed by atoms with Crippen LogP contribution in [0.2, 0.25) is 0 Å². The summed E-state index contributed by atoms with van der Waals surface area (Å²) in [4.78, 5) is 11.1. The molecule has 15 heavy (non-hydrogen) atoms. The zero-order valence-electron chi connectivity index (χ0n) is 9.16. The van der Waals surface area contributed by atoms with Gasteiger partial charge in [0.25, 0.3) is 0 Å². The maximum Gasteiger partial charge on any atom is 0.229 e. The Morgan fingerprint density at radius 1 is 1.33 bits per heavy atom. The standard InChI is InChI=1S/C12H17NOS/c1-12(2,9-13-11(14)8-15)10-6-4-3-5-7-10/h3-7,15H,8-9H2,1-2H3,(H,13,14). The number of benzene rings is 1. The van der Waals surface area contributed by atoms with Crippen molar-refractivity contribution in [3.63, 3.8) is 0 Å². The average molecular weight is 223 g/mol. The van der Waals surface area contributed by atoms with Gasteiger partial charge >= 0.3 is 0 Å². The molecule has 1 N–H and O–H groups in total. The largest absolute Gasteiger partial charge is 0.355 e. The van der Waals surface area contributed by atoms with E-state index in [1.165, 1.54) is 5.56 Å². The summed E-state index contributed by atoms with van der Waals surface area (Å²) < 4.78 is 0. The van der Waals surface area contributed by atoms with E-state index in [0.29, 0.717) is 6.54 Å². The fourth-order valence-electron chi connectivity index (χ4n) is 1.37. The van der Waals surface area contributed by atoms with Gasteiger partial charge in [-0.3, -0.25) is 4.79 Å². The summed E-state index contributed by atoms with van der Waals surface area (Å²) in [5, 5.41) is 2.86. The van der Waals surface area contributed by atoms with Crippen molar-refractivity contribution >= 4 is 18.5 Å². The van der Waals surface area contributed by atoms with Crippen LogP contribution in [0.15, 0.2) is 30.3 Å². The third-order valence-corrected chi connectivity index (χ3v) is 2.71. The van der Waals surface area contributed by atoms with Crippen LogP contribution in [0.4, 0.5) is 0 Å². The molecular weight excluding hydrogens is 206 g/mol. The Labute approximate surface area is 96.5 Å². The van der Waals surface area contributed by atoms with Gasteiger partial charge in [0.05, 0.1) is 5.75 Å². The predicted molar refractivity (Wildman–Crippen MR) is 66.3 cm³/mol. The summed E-state index contributed by atoms with van der Waals surface area (Å²) in [5.41, 5.74) is 1.18. The zero-order chi connectivity index (χ0) is 11.3. The third-order valence-electron chi connectivity index (χ3n) is 2.43. The van der Waals surface area contributed by atoms with Crippen molar-refractivity contribution in [3.05, 3.63) is 35.9 Å². The second-order valence-corrected chi connectivity index (χ2v) is 4.50. The summed E-state index contributed by atoms with van der Waals surface area (Å²) >= 11 is 3.92. The van der Waals surface area contributed by atoms with Gasteiger partial charge in [0.15, 0.2) is 0 Å². The first-order valence-electron chi connectivity index (χ1n) is 4.99.